The Balaban J connectivity index is 0.000000149. The summed E-state index contributed by atoms with van der Waals surface area (Å²) in [6.07, 6.45) is 12.5. The van der Waals surface area contributed by atoms with E-state index in [1.165, 1.54) is 44.9 Å². The summed E-state index contributed by atoms with van der Waals surface area (Å²) in [5, 5.41) is 6.43. The fourth-order valence-electron chi connectivity index (χ4n) is 4.36. The number of rotatable bonds is 0. The second-order valence-electron chi connectivity index (χ2n) is 7.58. The summed E-state index contributed by atoms with van der Waals surface area (Å²) in [4.78, 5) is 5.35. The number of aliphatic imine (C=N–C) groups is 1. The number of hydrogen-bond acceptors (Lipinski definition) is 2. The number of fused-ring (bicyclic) bond motifs is 5. The first-order valence-corrected chi connectivity index (χ1v) is 11.2. The van der Waals surface area contributed by atoms with Crippen molar-refractivity contribution >= 4 is 30.1 Å². The number of nitrogens with zero attached hydrogens (tertiary/aromatic N) is 1. The summed E-state index contributed by atoms with van der Waals surface area (Å²) in [7, 11) is 0. The molecule has 0 fully saturated rings. The second kappa shape index (κ2) is 8.45. The van der Waals surface area contributed by atoms with Crippen LogP contribution in [-0.4, -0.2) is 6.21 Å². The smallest absolute Gasteiger partial charge is 0.130 e. The molecule has 0 bridgehead atoms. The van der Waals surface area contributed by atoms with E-state index in [0.29, 0.717) is 0 Å². The zero-order valence-corrected chi connectivity index (χ0v) is 17.5. The molecule has 3 aromatic carbocycles. The third-order valence-electron chi connectivity index (χ3n) is 5.79. The predicted molar refractivity (Wildman–Crippen MR) is 124 cm³/mol. The zero-order chi connectivity index (χ0) is 20.3. The SMILES string of the molecule is C1=CSc2ccccc2C=N1.Fc1cccc2c1=CCc1c3c(ccc1=2)=CCCC3. The second-order valence-corrected chi connectivity index (χ2v) is 8.53. The van der Waals surface area contributed by atoms with Crippen molar-refractivity contribution in [3.8, 4) is 0 Å². The van der Waals surface area contributed by atoms with Crippen molar-refractivity contribution in [2.45, 2.75) is 30.6 Å². The van der Waals surface area contributed by atoms with Gasteiger partial charge in [0.2, 0.25) is 0 Å². The number of hydrogen-bond donors (Lipinski definition) is 0. The highest BCUT2D eigenvalue weighted by molar-refractivity contribution is 8.02. The highest BCUT2D eigenvalue weighted by Gasteiger charge is 2.12. The van der Waals surface area contributed by atoms with Crippen LogP contribution in [0.1, 0.15) is 29.5 Å². The van der Waals surface area contributed by atoms with Gasteiger partial charge in [0.1, 0.15) is 5.82 Å². The van der Waals surface area contributed by atoms with E-state index in [2.05, 4.69) is 35.3 Å². The lowest BCUT2D eigenvalue weighted by Gasteiger charge is -2.16. The minimum absolute atomic E-state index is 0.104. The Kier molecular flexibility index (Phi) is 5.37. The van der Waals surface area contributed by atoms with Crippen molar-refractivity contribution in [3.63, 3.8) is 0 Å². The number of thioether (sulfide) groups is 1. The first kappa shape index (κ1) is 19.1. The van der Waals surface area contributed by atoms with Crippen LogP contribution in [0, 0.1) is 16.3 Å². The average molecular weight is 412 g/mol. The van der Waals surface area contributed by atoms with Crippen LogP contribution in [-0.2, 0) is 12.8 Å². The van der Waals surface area contributed by atoms with Gasteiger partial charge in [-0.15, -0.1) is 0 Å². The number of benzene rings is 3. The summed E-state index contributed by atoms with van der Waals surface area (Å²) >= 11 is 1.70. The van der Waals surface area contributed by atoms with Gasteiger partial charge >= 0.3 is 0 Å². The summed E-state index contributed by atoms with van der Waals surface area (Å²) in [5.74, 6) is -0.104. The van der Waals surface area contributed by atoms with E-state index in [0.717, 1.165) is 23.3 Å². The Bertz CT molecular complexity index is 1390. The lowest BCUT2D eigenvalue weighted by molar-refractivity contribution is 0.616. The minimum Gasteiger partial charge on any atom is -0.264 e. The molecule has 0 saturated heterocycles. The molecule has 3 aromatic rings. The van der Waals surface area contributed by atoms with Crippen LogP contribution in [0.25, 0.3) is 12.2 Å². The molecular formula is C27H22FNS. The van der Waals surface area contributed by atoms with E-state index in [-0.39, 0.29) is 5.82 Å². The maximum Gasteiger partial charge on any atom is 0.130 e. The van der Waals surface area contributed by atoms with E-state index < -0.39 is 0 Å². The van der Waals surface area contributed by atoms with Gasteiger partial charge in [0.15, 0.2) is 0 Å². The summed E-state index contributed by atoms with van der Waals surface area (Å²) < 4.78 is 13.9. The minimum atomic E-state index is -0.104. The highest BCUT2D eigenvalue weighted by atomic mass is 32.2. The van der Waals surface area contributed by atoms with Gasteiger partial charge in [0.25, 0.3) is 0 Å². The standard InChI is InChI=1S/C18H15F.C9H7NS/c19-18-7-3-6-14-16-9-8-12-4-1-2-5-13(12)15(16)10-11-17(14)18;1-2-4-9-8(3-1)7-10-5-6-11-9/h3-4,6-9,11H,1-2,5,10H2;1-7H. The van der Waals surface area contributed by atoms with Gasteiger partial charge in [0.05, 0.1) is 0 Å². The van der Waals surface area contributed by atoms with Gasteiger partial charge in [-0.2, -0.15) is 0 Å². The molecule has 1 nitrogen and oxygen atoms in total. The van der Waals surface area contributed by atoms with Crippen molar-refractivity contribution in [1.82, 2.24) is 0 Å². The third-order valence-corrected chi connectivity index (χ3v) is 6.67. The molecule has 148 valence electrons. The molecule has 0 unspecified atom stereocenters. The fourth-order valence-corrected chi connectivity index (χ4v) is 5.05. The van der Waals surface area contributed by atoms with Gasteiger partial charge < -0.3 is 0 Å². The summed E-state index contributed by atoms with van der Waals surface area (Å²) in [6.45, 7) is 0. The molecule has 0 aromatic heterocycles. The maximum absolute atomic E-state index is 13.9. The molecule has 6 rings (SSSR count). The molecule has 1 heterocycles. The van der Waals surface area contributed by atoms with Gasteiger partial charge in [-0.1, -0.05) is 66.4 Å². The molecule has 0 radical (unpaired) electrons. The molecule has 0 spiro atoms. The maximum atomic E-state index is 13.9. The van der Waals surface area contributed by atoms with Gasteiger partial charge in [-0.3, -0.25) is 4.99 Å². The molecule has 2 aliphatic carbocycles. The van der Waals surface area contributed by atoms with E-state index in [4.69, 9.17) is 0 Å². The molecule has 0 amide bonds. The van der Waals surface area contributed by atoms with Crippen LogP contribution >= 0.6 is 11.8 Å². The average Bonchev–Trinajstić information content (AvgIpc) is 3.05. The van der Waals surface area contributed by atoms with Crippen LogP contribution in [0.4, 0.5) is 4.39 Å². The highest BCUT2D eigenvalue weighted by Crippen LogP contribution is 2.24. The molecule has 0 N–H and O–H groups in total. The van der Waals surface area contributed by atoms with Crippen LogP contribution in [0.2, 0.25) is 0 Å². The van der Waals surface area contributed by atoms with Crippen molar-refractivity contribution < 1.29 is 4.39 Å². The fraction of sp³-hybridized carbons (Fsp3) is 0.148. The molecule has 30 heavy (non-hydrogen) atoms. The molecule has 0 atom stereocenters. The van der Waals surface area contributed by atoms with Crippen LogP contribution < -0.4 is 10.4 Å². The molecule has 3 aliphatic rings. The molecule has 1 aliphatic heterocycles. The predicted octanol–water partition coefficient (Wildman–Crippen LogP) is 5.25. The molecule has 3 heteroatoms. The van der Waals surface area contributed by atoms with Crippen LogP contribution in [0.15, 0.2) is 76.1 Å². The normalized spacial score (nSPS) is 15.1. The van der Waals surface area contributed by atoms with E-state index in [1.807, 2.05) is 48.2 Å². The summed E-state index contributed by atoms with van der Waals surface area (Å²) in [6, 6.07) is 18.0. The van der Waals surface area contributed by atoms with Crippen molar-refractivity contribution in [2.24, 2.45) is 4.99 Å². The third kappa shape index (κ3) is 3.66. The Morgan fingerprint density at radius 3 is 2.77 bits per heavy atom. The molecular weight excluding hydrogens is 389 g/mol. The van der Waals surface area contributed by atoms with Crippen LogP contribution in [0.5, 0.6) is 0 Å². The Morgan fingerprint density at radius 2 is 1.80 bits per heavy atom. The molecule has 0 saturated carbocycles. The topological polar surface area (TPSA) is 12.4 Å². The van der Waals surface area contributed by atoms with Gasteiger partial charge in [-0.25, -0.2) is 4.39 Å². The largest absolute Gasteiger partial charge is 0.264 e. The quantitative estimate of drug-likeness (QED) is 0.492. The van der Waals surface area contributed by atoms with Gasteiger partial charge in [-0.05, 0) is 70.0 Å². The summed E-state index contributed by atoms with van der Waals surface area (Å²) in [5.41, 5.74) is 4.09. The Labute approximate surface area is 179 Å². The van der Waals surface area contributed by atoms with E-state index in [9.17, 15) is 4.39 Å². The van der Waals surface area contributed by atoms with E-state index >= 15 is 0 Å². The van der Waals surface area contributed by atoms with Crippen molar-refractivity contribution in [1.29, 1.82) is 0 Å². The van der Waals surface area contributed by atoms with Crippen LogP contribution in [0.3, 0.4) is 0 Å². The van der Waals surface area contributed by atoms with Crippen molar-refractivity contribution in [3.05, 3.63) is 110 Å². The lowest BCUT2D eigenvalue weighted by atomic mass is 9.89. The monoisotopic (exact) mass is 411 g/mol. The Morgan fingerprint density at radius 1 is 0.867 bits per heavy atom. The van der Waals surface area contributed by atoms with Gasteiger partial charge in [0, 0.05) is 28.1 Å². The first-order chi connectivity index (χ1) is 14.8. The van der Waals surface area contributed by atoms with Crippen molar-refractivity contribution in [2.75, 3.05) is 0 Å². The van der Waals surface area contributed by atoms with E-state index in [1.54, 1.807) is 17.8 Å². The Hall–Kier alpha value is -2.91. The lowest BCUT2D eigenvalue weighted by Crippen LogP contribution is -2.20. The zero-order valence-electron chi connectivity index (χ0n) is 16.6. The first-order valence-electron chi connectivity index (χ1n) is 10.4. The number of halogens is 1.